The van der Waals surface area contributed by atoms with E-state index in [2.05, 4.69) is 25.7 Å². The van der Waals surface area contributed by atoms with E-state index in [0.29, 0.717) is 6.10 Å². The summed E-state index contributed by atoms with van der Waals surface area (Å²) in [6, 6.07) is 0. The summed E-state index contributed by atoms with van der Waals surface area (Å²) in [6.07, 6.45) is 2.11. The Morgan fingerprint density at radius 3 is 2.73 bits per heavy atom. The Labute approximate surface area is 93.4 Å². The van der Waals surface area contributed by atoms with E-state index >= 15 is 0 Å². The predicted molar refractivity (Wildman–Crippen MR) is 62.0 cm³/mol. The van der Waals surface area contributed by atoms with E-state index in [1.165, 1.54) is 0 Å². The van der Waals surface area contributed by atoms with Crippen molar-refractivity contribution in [2.75, 3.05) is 19.6 Å². The quantitative estimate of drug-likeness (QED) is 0.774. The highest BCUT2D eigenvalue weighted by atomic mass is 16.5. The van der Waals surface area contributed by atoms with E-state index in [-0.39, 0.29) is 11.7 Å². The van der Waals surface area contributed by atoms with Gasteiger partial charge in [0.1, 0.15) is 0 Å². The van der Waals surface area contributed by atoms with Gasteiger partial charge < -0.3 is 9.84 Å². The minimum atomic E-state index is -0.170. The number of aliphatic hydroxyl groups excluding tert-OH is 1. The van der Waals surface area contributed by atoms with Crippen LogP contribution in [-0.4, -0.2) is 47.4 Å². The second kappa shape index (κ2) is 5.28. The molecular formula is C12H25NO2. The van der Waals surface area contributed by atoms with Gasteiger partial charge in [-0.1, -0.05) is 0 Å². The molecule has 3 heteroatoms. The Balaban J connectivity index is 2.29. The average Bonchev–Trinajstić information content (AvgIpc) is 1.98. The van der Waals surface area contributed by atoms with Crippen LogP contribution in [0.3, 0.4) is 0 Å². The summed E-state index contributed by atoms with van der Waals surface area (Å²) in [6.45, 7) is 11.4. The van der Waals surface area contributed by atoms with Crippen molar-refractivity contribution in [1.29, 1.82) is 0 Å². The van der Waals surface area contributed by atoms with E-state index in [9.17, 15) is 5.11 Å². The van der Waals surface area contributed by atoms with Crippen LogP contribution in [-0.2, 0) is 4.74 Å². The van der Waals surface area contributed by atoms with E-state index in [1.807, 2.05) is 6.92 Å². The van der Waals surface area contributed by atoms with Crippen LogP contribution in [0.15, 0.2) is 0 Å². The smallest absolute Gasteiger partial charge is 0.0757 e. The van der Waals surface area contributed by atoms with Crippen molar-refractivity contribution >= 4 is 0 Å². The predicted octanol–water partition coefficient (Wildman–Crippen LogP) is 1.65. The number of ether oxygens (including phenoxy) is 1. The van der Waals surface area contributed by atoms with Gasteiger partial charge in [0.15, 0.2) is 0 Å². The standard InChI is InChI=1S/C12H25NO2/c1-10(14)6-5-7-13-8-11(2)15-12(3,4)9-13/h10-11,14H,5-9H2,1-4H3. The summed E-state index contributed by atoms with van der Waals surface area (Å²) in [5.74, 6) is 0. The Morgan fingerprint density at radius 1 is 1.53 bits per heavy atom. The molecule has 0 bridgehead atoms. The second-order valence-corrected chi connectivity index (χ2v) is 5.41. The molecule has 0 radical (unpaired) electrons. The zero-order chi connectivity index (χ0) is 11.5. The first-order valence-electron chi connectivity index (χ1n) is 5.97. The zero-order valence-electron chi connectivity index (χ0n) is 10.5. The Kier molecular flexibility index (Phi) is 4.56. The molecule has 2 atom stereocenters. The molecule has 1 rings (SSSR count). The van der Waals surface area contributed by atoms with E-state index in [4.69, 9.17) is 4.74 Å². The molecule has 2 unspecified atom stereocenters. The maximum absolute atomic E-state index is 9.19. The van der Waals surface area contributed by atoms with Crippen molar-refractivity contribution in [3.63, 3.8) is 0 Å². The van der Waals surface area contributed by atoms with Gasteiger partial charge in [0, 0.05) is 13.1 Å². The molecule has 1 aliphatic heterocycles. The van der Waals surface area contributed by atoms with Crippen LogP contribution in [0, 0.1) is 0 Å². The molecule has 1 aliphatic rings. The number of rotatable bonds is 4. The molecule has 0 aromatic heterocycles. The number of morpholine rings is 1. The fourth-order valence-electron chi connectivity index (χ4n) is 2.37. The lowest BCUT2D eigenvalue weighted by atomic mass is 10.0. The van der Waals surface area contributed by atoms with Crippen molar-refractivity contribution in [1.82, 2.24) is 4.90 Å². The Bertz CT molecular complexity index is 192. The van der Waals surface area contributed by atoms with Gasteiger partial charge in [0.05, 0.1) is 17.8 Å². The van der Waals surface area contributed by atoms with Crippen LogP contribution in [0.25, 0.3) is 0 Å². The van der Waals surface area contributed by atoms with Crippen LogP contribution in [0.2, 0.25) is 0 Å². The first-order chi connectivity index (χ1) is 6.89. The van der Waals surface area contributed by atoms with Gasteiger partial charge in [0.25, 0.3) is 0 Å². The first-order valence-corrected chi connectivity index (χ1v) is 5.97. The van der Waals surface area contributed by atoms with Crippen LogP contribution >= 0.6 is 0 Å². The van der Waals surface area contributed by atoms with Crippen molar-refractivity contribution in [2.45, 2.75) is 58.3 Å². The van der Waals surface area contributed by atoms with E-state index in [0.717, 1.165) is 32.5 Å². The molecule has 1 saturated heterocycles. The van der Waals surface area contributed by atoms with Gasteiger partial charge in [-0.2, -0.15) is 0 Å². The summed E-state index contributed by atoms with van der Waals surface area (Å²) < 4.78 is 5.84. The van der Waals surface area contributed by atoms with E-state index in [1.54, 1.807) is 0 Å². The third-order valence-electron chi connectivity index (χ3n) is 2.74. The van der Waals surface area contributed by atoms with Crippen LogP contribution in [0.4, 0.5) is 0 Å². The van der Waals surface area contributed by atoms with Crippen LogP contribution < -0.4 is 0 Å². The number of hydrogen-bond donors (Lipinski definition) is 1. The third kappa shape index (κ3) is 4.96. The van der Waals surface area contributed by atoms with Gasteiger partial charge in [0.2, 0.25) is 0 Å². The van der Waals surface area contributed by atoms with Gasteiger partial charge in [-0.05, 0) is 47.1 Å². The Morgan fingerprint density at radius 2 is 2.20 bits per heavy atom. The fraction of sp³-hybridized carbons (Fsp3) is 1.00. The molecule has 0 aliphatic carbocycles. The van der Waals surface area contributed by atoms with Crippen molar-refractivity contribution in [3.05, 3.63) is 0 Å². The van der Waals surface area contributed by atoms with Gasteiger partial charge >= 0.3 is 0 Å². The first kappa shape index (κ1) is 12.9. The average molecular weight is 215 g/mol. The number of hydrogen-bond acceptors (Lipinski definition) is 3. The molecule has 0 aromatic carbocycles. The van der Waals surface area contributed by atoms with Crippen LogP contribution in [0.1, 0.15) is 40.5 Å². The third-order valence-corrected chi connectivity index (χ3v) is 2.74. The highest BCUT2D eigenvalue weighted by Gasteiger charge is 2.30. The Hall–Kier alpha value is -0.120. The lowest BCUT2D eigenvalue weighted by Crippen LogP contribution is -2.52. The van der Waals surface area contributed by atoms with Gasteiger partial charge in [-0.25, -0.2) is 0 Å². The summed E-state index contributed by atoms with van der Waals surface area (Å²) in [7, 11) is 0. The normalized spacial score (nSPS) is 29.0. The van der Waals surface area contributed by atoms with E-state index < -0.39 is 0 Å². The summed E-state index contributed by atoms with van der Waals surface area (Å²) in [5, 5.41) is 9.19. The molecule has 0 amide bonds. The molecule has 0 aromatic rings. The molecule has 3 nitrogen and oxygen atoms in total. The highest BCUT2D eigenvalue weighted by molar-refractivity contribution is 4.82. The van der Waals surface area contributed by atoms with Crippen molar-refractivity contribution < 1.29 is 9.84 Å². The zero-order valence-corrected chi connectivity index (χ0v) is 10.5. The highest BCUT2D eigenvalue weighted by Crippen LogP contribution is 2.20. The molecule has 1 heterocycles. The topological polar surface area (TPSA) is 32.7 Å². The van der Waals surface area contributed by atoms with Gasteiger partial charge in [-0.15, -0.1) is 0 Å². The van der Waals surface area contributed by atoms with Crippen LogP contribution in [0.5, 0.6) is 0 Å². The number of nitrogens with zero attached hydrogens (tertiary/aromatic N) is 1. The summed E-state index contributed by atoms with van der Waals surface area (Å²) >= 11 is 0. The SMILES string of the molecule is CC(O)CCCN1CC(C)OC(C)(C)C1. The monoisotopic (exact) mass is 215 g/mol. The lowest BCUT2D eigenvalue weighted by molar-refractivity contribution is -0.128. The summed E-state index contributed by atoms with van der Waals surface area (Å²) in [5.41, 5.74) is -0.0253. The molecular weight excluding hydrogens is 190 g/mol. The minimum Gasteiger partial charge on any atom is -0.393 e. The maximum Gasteiger partial charge on any atom is 0.0757 e. The second-order valence-electron chi connectivity index (χ2n) is 5.41. The minimum absolute atomic E-state index is 0.0253. The maximum atomic E-state index is 9.19. The molecule has 1 N–H and O–H groups in total. The van der Waals surface area contributed by atoms with Crippen molar-refractivity contribution in [3.8, 4) is 0 Å². The molecule has 90 valence electrons. The molecule has 15 heavy (non-hydrogen) atoms. The largest absolute Gasteiger partial charge is 0.393 e. The van der Waals surface area contributed by atoms with Crippen molar-refractivity contribution in [2.24, 2.45) is 0 Å². The lowest BCUT2D eigenvalue weighted by Gasteiger charge is -2.41. The van der Waals surface area contributed by atoms with Gasteiger partial charge in [-0.3, -0.25) is 4.90 Å². The molecule has 0 spiro atoms. The number of aliphatic hydroxyl groups is 1. The molecule has 0 saturated carbocycles. The summed E-state index contributed by atoms with van der Waals surface area (Å²) in [4.78, 5) is 2.44. The molecule has 1 fully saturated rings. The fourth-order valence-corrected chi connectivity index (χ4v) is 2.37.